The van der Waals surface area contributed by atoms with Crippen molar-refractivity contribution < 1.29 is 14.6 Å². The van der Waals surface area contributed by atoms with Crippen LogP contribution in [-0.2, 0) is 6.42 Å². The fourth-order valence-corrected chi connectivity index (χ4v) is 6.08. The average Bonchev–Trinajstić information content (AvgIpc) is 3.21. The number of aryl methyl sites for hydroxylation is 1. The molecule has 1 aliphatic carbocycles. The average molecular weight is 497 g/mol. The topological polar surface area (TPSA) is 73.1 Å². The Morgan fingerprint density at radius 1 is 1.03 bits per heavy atom. The second-order valence-corrected chi connectivity index (χ2v) is 9.83. The molecule has 1 atom stereocenters. The Labute approximate surface area is 211 Å². The number of fused-ring (bicyclic) bond motifs is 3. The first-order valence-corrected chi connectivity index (χ1v) is 12.5. The summed E-state index contributed by atoms with van der Waals surface area (Å²) in [7, 11) is 3.15. The highest BCUT2D eigenvalue weighted by Crippen LogP contribution is 2.41. The monoisotopic (exact) mass is 496 g/mol. The molecule has 36 heavy (non-hydrogen) atoms. The molecule has 0 saturated carbocycles. The van der Waals surface area contributed by atoms with Crippen LogP contribution in [0.4, 0.5) is 0 Å². The Balaban J connectivity index is 1.60. The first kappa shape index (κ1) is 22.4. The van der Waals surface area contributed by atoms with E-state index in [-0.39, 0.29) is 17.4 Å². The predicted octanol–water partition coefficient (Wildman–Crippen LogP) is 4.04. The van der Waals surface area contributed by atoms with Gasteiger partial charge in [-0.2, -0.15) is 0 Å². The lowest BCUT2D eigenvalue weighted by molar-refractivity contribution is 0.373. The van der Waals surface area contributed by atoms with Crippen molar-refractivity contribution in [3.8, 4) is 17.2 Å². The van der Waals surface area contributed by atoms with E-state index in [9.17, 15) is 9.90 Å². The van der Waals surface area contributed by atoms with Gasteiger partial charge in [0.25, 0.3) is 5.56 Å². The van der Waals surface area contributed by atoms with E-state index in [0.29, 0.717) is 20.6 Å². The minimum absolute atomic E-state index is 0.0281. The molecule has 0 fully saturated rings. The van der Waals surface area contributed by atoms with E-state index in [1.807, 2.05) is 36.4 Å². The number of nitrogens with zero attached hydrogens (tertiary/aromatic N) is 2. The maximum absolute atomic E-state index is 13.8. The maximum Gasteiger partial charge on any atom is 0.271 e. The third-order valence-corrected chi connectivity index (χ3v) is 7.77. The van der Waals surface area contributed by atoms with Crippen molar-refractivity contribution in [1.82, 2.24) is 4.57 Å². The highest BCUT2D eigenvalue weighted by Gasteiger charge is 2.32. The molecule has 2 aliphatic rings. The van der Waals surface area contributed by atoms with Crippen LogP contribution in [-0.4, -0.2) is 23.9 Å². The number of rotatable bonds is 4. The fraction of sp³-hybridized carbons (Fsp3) is 0.172. The molecule has 0 bridgehead atoms. The highest BCUT2D eigenvalue weighted by molar-refractivity contribution is 7.07. The van der Waals surface area contributed by atoms with Gasteiger partial charge in [-0.05, 0) is 65.4 Å². The van der Waals surface area contributed by atoms with Gasteiger partial charge in [-0.25, -0.2) is 4.99 Å². The van der Waals surface area contributed by atoms with Crippen LogP contribution in [0.2, 0.25) is 0 Å². The maximum atomic E-state index is 13.8. The molecule has 0 radical (unpaired) electrons. The largest absolute Gasteiger partial charge is 0.504 e. The molecule has 1 N–H and O–H groups in total. The minimum atomic E-state index is -0.272. The number of allylic oxidation sites excluding steroid dienone is 1. The summed E-state index contributed by atoms with van der Waals surface area (Å²) in [5, 5.41) is 10.2. The van der Waals surface area contributed by atoms with E-state index < -0.39 is 0 Å². The lowest BCUT2D eigenvalue weighted by Gasteiger charge is -2.31. The number of methoxy groups -OCH3 is 2. The van der Waals surface area contributed by atoms with Crippen LogP contribution in [0.5, 0.6) is 17.2 Å². The van der Waals surface area contributed by atoms with Gasteiger partial charge in [-0.3, -0.25) is 9.36 Å². The normalized spacial score (nSPS) is 16.6. The summed E-state index contributed by atoms with van der Waals surface area (Å²) < 4.78 is 13.0. The molecule has 6 nitrogen and oxygen atoms in total. The van der Waals surface area contributed by atoms with Gasteiger partial charge >= 0.3 is 0 Å². The summed E-state index contributed by atoms with van der Waals surface area (Å²) in [6.45, 7) is 0. The summed E-state index contributed by atoms with van der Waals surface area (Å²) in [4.78, 5) is 19.5. The van der Waals surface area contributed by atoms with Crippen molar-refractivity contribution in [2.75, 3.05) is 14.2 Å². The Hall–Kier alpha value is -4.10. The number of thiazole rings is 1. The zero-order chi connectivity index (χ0) is 24.8. The van der Waals surface area contributed by atoms with Gasteiger partial charge in [0.2, 0.25) is 0 Å². The van der Waals surface area contributed by atoms with E-state index in [1.54, 1.807) is 29.9 Å². The van der Waals surface area contributed by atoms with Gasteiger partial charge in [-0.1, -0.05) is 53.8 Å². The Bertz CT molecular complexity index is 1710. The van der Waals surface area contributed by atoms with Crippen LogP contribution >= 0.6 is 11.3 Å². The number of ether oxygens (including phenoxy) is 2. The van der Waals surface area contributed by atoms with Crippen molar-refractivity contribution in [2.24, 2.45) is 4.99 Å². The molecule has 2 heterocycles. The summed E-state index contributed by atoms with van der Waals surface area (Å²) >= 11 is 1.36. The van der Waals surface area contributed by atoms with Crippen LogP contribution in [0.15, 0.2) is 82.1 Å². The van der Waals surface area contributed by atoms with E-state index in [4.69, 9.17) is 14.5 Å². The van der Waals surface area contributed by atoms with Crippen LogP contribution in [0.25, 0.3) is 11.8 Å². The third-order valence-electron chi connectivity index (χ3n) is 6.78. The lowest BCUT2D eigenvalue weighted by Crippen LogP contribution is -2.38. The van der Waals surface area contributed by atoms with E-state index >= 15 is 0 Å². The molecule has 0 saturated heterocycles. The van der Waals surface area contributed by atoms with Gasteiger partial charge in [-0.15, -0.1) is 0 Å². The zero-order valence-electron chi connectivity index (χ0n) is 19.9. The summed E-state index contributed by atoms with van der Waals surface area (Å²) in [5.74, 6) is 1.16. The number of benzene rings is 3. The molecular formula is C29H24N2O4S. The molecule has 6 rings (SSSR count). The SMILES string of the molecule is COc1cccc(C2C3=C(N=c4s/c(=C/c5ccc(OC)c(O)c5)c(=O)n42)c2ccccc2CC3)c1. The van der Waals surface area contributed by atoms with Crippen LogP contribution in [0.3, 0.4) is 0 Å². The van der Waals surface area contributed by atoms with Gasteiger partial charge < -0.3 is 14.6 Å². The molecular weight excluding hydrogens is 472 g/mol. The molecule has 0 amide bonds. The van der Waals surface area contributed by atoms with Gasteiger partial charge in [0.05, 0.1) is 30.5 Å². The van der Waals surface area contributed by atoms with E-state index in [0.717, 1.165) is 41.0 Å². The van der Waals surface area contributed by atoms with E-state index in [1.165, 1.54) is 24.0 Å². The van der Waals surface area contributed by atoms with Gasteiger partial charge in [0.1, 0.15) is 5.75 Å². The Kier molecular flexibility index (Phi) is 5.49. The summed E-state index contributed by atoms with van der Waals surface area (Å²) in [6.07, 6.45) is 3.52. The summed E-state index contributed by atoms with van der Waals surface area (Å²) in [6, 6.07) is 21.1. The molecule has 7 heteroatoms. The molecule has 180 valence electrons. The molecule has 3 aromatic carbocycles. The number of hydrogen-bond donors (Lipinski definition) is 1. The van der Waals surface area contributed by atoms with Crippen molar-refractivity contribution in [3.05, 3.63) is 114 Å². The number of aromatic hydroxyl groups is 1. The Morgan fingerprint density at radius 3 is 2.69 bits per heavy atom. The summed E-state index contributed by atoms with van der Waals surface area (Å²) in [5.41, 5.74) is 6.10. The van der Waals surface area contributed by atoms with Crippen molar-refractivity contribution in [1.29, 1.82) is 0 Å². The van der Waals surface area contributed by atoms with Crippen molar-refractivity contribution in [2.45, 2.75) is 18.9 Å². The number of aromatic nitrogens is 1. The zero-order valence-corrected chi connectivity index (χ0v) is 20.7. The molecule has 0 spiro atoms. The number of phenolic OH excluding ortho intramolecular Hbond substituents is 1. The highest BCUT2D eigenvalue weighted by atomic mass is 32.1. The first-order valence-electron chi connectivity index (χ1n) is 11.7. The number of hydrogen-bond acceptors (Lipinski definition) is 6. The number of phenols is 1. The second kappa shape index (κ2) is 8.84. The molecule has 1 unspecified atom stereocenters. The smallest absolute Gasteiger partial charge is 0.271 e. The Morgan fingerprint density at radius 2 is 1.89 bits per heavy atom. The second-order valence-electron chi connectivity index (χ2n) is 8.82. The van der Waals surface area contributed by atoms with Gasteiger partial charge in [0.15, 0.2) is 16.3 Å². The fourth-order valence-electron chi connectivity index (χ4n) is 5.08. The first-order chi connectivity index (χ1) is 17.6. The lowest BCUT2D eigenvalue weighted by atomic mass is 9.83. The van der Waals surface area contributed by atoms with Crippen LogP contribution in [0, 0.1) is 0 Å². The van der Waals surface area contributed by atoms with Crippen LogP contribution < -0.4 is 24.4 Å². The van der Waals surface area contributed by atoms with Crippen molar-refractivity contribution >= 4 is 23.1 Å². The standard InChI is InChI=1S/C29H24N2O4S/c1-34-20-8-5-7-19(16-20)27-22-12-11-18-6-3-4-9-21(18)26(22)30-29-31(27)28(33)25(36-29)15-17-10-13-24(35-2)23(32)14-17/h3-10,13-16,27,32H,11-12H2,1-2H3/b25-15+. The van der Waals surface area contributed by atoms with Gasteiger partial charge in [0, 0.05) is 5.56 Å². The predicted molar refractivity (Wildman–Crippen MR) is 140 cm³/mol. The molecule has 1 aliphatic heterocycles. The quantitative estimate of drug-likeness (QED) is 0.463. The van der Waals surface area contributed by atoms with E-state index in [2.05, 4.69) is 18.2 Å². The third kappa shape index (κ3) is 3.63. The molecule has 1 aromatic heterocycles. The molecule has 4 aromatic rings. The van der Waals surface area contributed by atoms with Crippen molar-refractivity contribution in [3.63, 3.8) is 0 Å². The van der Waals surface area contributed by atoms with Crippen LogP contribution in [0.1, 0.15) is 34.7 Å². The minimum Gasteiger partial charge on any atom is -0.504 e.